The van der Waals surface area contributed by atoms with Gasteiger partial charge >= 0.3 is 6.01 Å². The summed E-state index contributed by atoms with van der Waals surface area (Å²) >= 11 is 0. The van der Waals surface area contributed by atoms with Crippen molar-refractivity contribution in [1.82, 2.24) is 4.98 Å². The van der Waals surface area contributed by atoms with Gasteiger partial charge in [0.25, 0.3) is 0 Å². The molecule has 0 fully saturated rings. The predicted molar refractivity (Wildman–Crippen MR) is 68.0 cm³/mol. The van der Waals surface area contributed by atoms with E-state index in [0.29, 0.717) is 5.69 Å². The monoisotopic (exact) mass is 245 g/mol. The fraction of sp³-hybridized carbons (Fsp3) is 0.231. The van der Waals surface area contributed by atoms with Gasteiger partial charge < -0.3 is 10.2 Å². The number of amides is 1. The zero-order valence-corrected chi connectivity index (χ0v) is 10.3. The highest BCUT2D eigenvalue weighted by Crippen LogP contribution is 2.14. The number of benzene rings is 1. The number of anilines is 1. The predicted octanol–water partition coefficient (Wildman–Crippen LogP) is 1.93. The highest BCUT2D eigenvalue weighted by Gasteiger charge is 2.17. The lowest BCUT2D eigenvalue weighted by molar-refractivity contribution is -0.117. The van der Waals surface area contributed by atoms with E-state index in [4.69, 9.17) is 10.2 Å². The minimum absolute atomic E-state index is 0.167. The van der Waals surface area contributed by atoms with Crippen molar-refractivity contribution in [2.45, 2.75) is 19.9 Å². The van der Waals surface area contributed by atoms with Crippen LogP contribution < -0.4 is 11.1 Å². The Hall–Kier alpha value is -2.14. The molecule has 1 atom stereocenters. The molecule has 1 unspecified atom stereocenters. The first-order chi connectivity index (χ1) is 8.56. The van der Waals surface area contributed by atoms with E-state index in [0.717, 1.165) is 11.1 Å². The van der Waals surface area contributed by atoms with Gasteiger partial charge in [-0.05, 0) is 19.4 Å². The first-order valence-corrected chi connectivity index (χ1v) is 5.61. The van der Waals surface area contributed by atoms with Gasteiger partial charge in [0.1, 0.15) is 12.3 Å². The third-order valence-corrected chi connectivity index (χ3v) is 2.57. The van der Waals surface area contributed by atoms with Crippen molar-refractivity contribution in [3.8, 4) is 0 Å². The molecule has 1 amide bonds. The van der Waals surface area contributed by atoms with E-state index in [1.165, 1.54) is 6.26 Å². The summed E-state index contributed by atoms with van der Waals surface area (Å²) in [5.41, 5.74) is 8.44. The van der Waals surface area contributed by atoms with Crippen molar-refractivity contribution in [2.75, 3.05) is 5.32 Å². The fourth-order valence-corrected chi connectivity index (χ4v) is 1.52. The number of nitrogens with one attached hydrogen (secondary N) is 1. The van der Waals surface area contributed by atoms with Crippen LogP contribution in [0.15, 0.2) is 34.9 Å². The number of oxazole rings is 1. The number of hydrogen-bond donors (Lipinski definition) is 2. The molecule has 5 nitrogen and oxygen atoms in total. The minimum Gasteiger partial charge on any atom is -0.432 e. The maximum Gasteiger partial charge on any atom is 0.301 e. The summed E-state index contributed by atoms with van der Waals surface area (Å²) in [5, 5.41) is 2.53. The first-order valence-electron chi connectivity index (χ1n) is 5.61. The van der Waals surface area contributed by atoms with E-state index in [9.17, 15) is 4.79 Å². The topological polar surface area (TPSA) is 81.2 Å². The summed E-state index contributed by atoms with van der Waals surface area (Å²) in [7, 11) is 0. The lowest BCUT2D eigenvalue weighted by Gasteiger charge is -2.10. The molecule has 1 aromatic heterocycles. The lowest BCUT2D eigenvalue weighted by atomic mass is 10.1. The molecule has 2 rings (SSSR count). The zero-order valence-electron chi connectivity index (χ0n) is 10.3. The van der Waals surface area contributed by atoms with Crippen molar-refractivity contribution in [3.05, 3.63) is 47.3 Å². The van der Waals surface area contributed by atoms with Crippen LogP contribution in [-0.2, 0) is 4.79 Å². The third-order valence-electron chi connectivity index (χ3n) is 2.57. The van der Waals surface area contributed by atoms with Crippen LogP contribution in [0, 0.1) is 13.8 Å². The van der Waals surface area contributed by atoms with Gasteiger partial charge in [-0.25, -0.2) is 0 Å². The van der Waals surface area contributed by atoms with Crippen LogP contribution in [0.1, 0.15) is 22.9 Å². The van der Waals surface area contributed by atoms with Gasteiger partial charge in [0.05, 0.1) is 5.69 Å². The molecular formula is C13H15N3O2. The summed E-state index contributed by atoms with van der Waals surface area (Å²) in [6, 6.07) is 6.92. The van der Waals surface area contributed by atoms with E-state index in [1.807, 2.05) is 31.2 Å². The van der Waals surface area contributed by atoms with Gasteiger partial charge in [0.15, 0.2) is 0 Å². The number of rotatable bonds is 3. The first kappa shape index (κ1) is 12.3. The van der Waals surface area contributed by atoms with Gasteiger partial charge in [-0.3, -0.25) is 10.1 Å². The second kappa shape index (κ2) is 5.01. The second-order valence-corrected chi connectivity index (χ2v) is 4.17. The van der Waals surface area contributed by atoms with Crippen molar-refractivity contribution in [1.29, 1.82) is 0 Å². The van der Waals surface area contributed by atoms with Gasteiger partial charge in [0, 0.05) is 0 Å². The molecule has 94 valence electrons. The molecule has 0 radical (unpaired) electrons. The quantitative estimate of drug-likeness (QED) is 0.865. The normalized spacial score (nSPS) is 12.2. The SMILES string of the molecule is Cc1ccc(C(N)C(=O)Nc2nc(C)co2)cc1. The molecule has 0 aliphatic carbocycles. The minimum atomic E-state index is -0.738. The fourth-order valence-electron chi connectivity index (χ4n) is 1.52. The number of carbonyl (C=O) groups is 1. The molecule has 0 spiro atoms. The van der Waals surface area contributed by atoms with Crippen molar-refractivity contribution >= 4 is 11.9 Å². The maximum absolute atomic E-state index is 11.9. The highest BCUT2D eigenvalue weighted by molar-refractivity contribution is 5.93. The standard InChI is InChI=1S/C13H15N3O2/c1-8-3-5-10(6-4-8)11(14)12(17)16-13-15-9(2)7-18-13/h3-7,11H,14H2,1-2H3,(H,15,16,17). The molecule has 0 bridgehead atoms. The third kappa shape index (κ3) is 2.75. The summed E-state index contributed by atoms with van der Waals surface area (Å²) in [4.78, 5) is 15.9. The Balaban J connectivity index is 2.07. The molecule has 0 saturated heterocycles. The van der Waals surface area contributed by atoms with Crippen LogP contribution in [0.2, 0.25) is 0 Å². The molecule has 0 aliphatic rings. The van der Waals surface area contributed by atoms with E-state index in [1.54, 1.807) is 6.92 Å². The summed E-state index contributed by atoms with van der Waals surface area (Å²) in [5.74, 6) is -0.347. The summed E-state index contributed by atoms with van der Waals surface area (Å²) < 4.78 is 5.04. The molecule has 0 aliphatic heterocycles. The smallest absolute Gasteiger partial charge is 0.301 e. The second-order valence-electron chi connectivity index (χ2n) is 4.17. The van der Waals surface area contributed by atoms with Crippen LogP contribution in [0.5, 0.6) is 0 Å². The molecular weight excluding hydrogens is 230 g/mol. The number of aromatic nitrogens is 1. The highest BCUT2D eigenvalue weighted by atomic mass is 16.4. The molecule has 5 heteroatoms. The van der Waals surface area contributed by atoms with Crippen molar-refractivity contribution < 1.29 is 9.21 Å². The van der Waals surface area contributed by atoms with Crippen LogP contribution in [0.25, 0.3) is 0 Å². The van der Waals surface area contributed by atoms with Crippen LogP contribution in [0.4, 0.5) is 6.01 Å². The average molecular weight is 245 g/mol. The molecule has 2 aromatic rings. The number of nitrogens with two attached hydrogens (primary N) is 1. The van der Waals surface area contributed by atoms with E-state index >= 15 is 0 Å². The van der Waals surface area contributed by atoms with E-state index in [2.05, 4.69) is 10.3 Å². The Morgan fingerprint density at radius 3 is 2.56 bits per heavy atom. The van der Waals surface area contributed by atoms with Gasteiger partial charge in [-0.1, -0.05) is 29.8 Å². The molecule has 1 aromatic carbocycles. The molecule has 1 heterocycles. The lowest BCUT2D eigenvalue weighted by Crippen LogP contribution is -2.27. The molecule has 18 heavy (non-hydrogen) atoms. The van der Waals surface area contributed by atoms with E-state index in [-0.39, 0.29) is 11.9 Å². The molecule has 3 N–H and O–H groups in total. The zero-order chi connectivity index (χ0) is 13.1. The number of carbonyl (C=O) groups excluding carboxylic acids is 1. The number of aryl methyl sites for hydroxylation is 2. The Labute approximate surface area is 105 Å². The molecule has 0 saturated carbocycles. The summed E-state index contributed by atoms with van der Waals surface area (Å²) in [6.45, 7) is 3.75. The van der Waals surface area contributed by atoms with Crippen LogP contribution in [-0.4, -0.2) is 10.9 Å². The Kier molecular flexibility index (Phi) is 3.43. The van der Waals surface area contributed by atoms with Gasteiger partial charge in [-0.2, -0.15) is 4.98 Å². The Morgan fingerprint density at radius 1 is 1.33 bits per heavy atom. The van der Waals surface area contributed by atoms with Crippen molar-refractivity contribution in [2.24, 2.45) is 5.73 Å². The largest absolute Gasteiger partial charge is 0.432 e. The average Bonchev–Trinajstić information content (AvgIpc) is 2.75. The number of hydrogen-bond acceptors (Lipinski definition) is 4. The Bertz CT molecular complexity index is 546. The van der Waals surface area contributed by atoms with Crippen LogP contribution >= 0.6 is 0 Å². The number of nitrogens with zero attached hydrogens (tertiary/aromatic N) is 1. The maximum atomic E-state index is 11.9. The van der Waals surface area contributed by atoms with Gasteiger partial charge in [-0.15, -0.1) is 0 Å². The van der Waals surface area contributed by atoms with Gasteiger partial charge in [0.2, 0.25) is 5.91 Å². The summed E-state index contributed by atoms with van der Waals surface area (Å²) in [6.07, 6.45) is 1.47. The Morgan fingerprint density at radius 2 is 2.00 bits per heavy atom. The van der Waals surface area contributed by atoms with Crippen molar-refractivity contribution in [3.63, 3.8) is 0 Å². The van der Waals surface area contributed by atoms with Crippen LogP contribution in [0.3, 0.4) is 0 Å². The van der Waals surface area contributed by atoms with E-state index < -0.39 is 6.04 Å².